The van der Waals surface area contributed by atoms with Gasteiger partial charge in [-0.25, -0.2) is 9.69 Å². The highest BCUT2D eigenvalue weighted by atomic mass is 32.2. The van der Waals surface area contributed by atoms with Crippen molar-refractivity contribution in [3.05, 3.63) is 53.9 Å². The van der Waals surface area contributed by atoms with Crippen LogP contribution in [0.15, 0.2) is 47.6 Å². The molecule has 12 heteroatoms. The van der Waals surface area contributed by atoms with Crippen LogP contribution in [0.3, 0.4) is 0 Å². The lowest BCUT2D eigenvalue weighted by molar-refractivity contribution is -0.116. The molecule has 8 nitrogen and oxygen atoms in total. The second-order valence-electron chi connectivity index (χ2n) is 8.04. The van der Waals surface area contributed by atoms with Crippen molar-refractivity contribution in [2.45, 2.75) is 16.9 Å². The number of carbonyl (C=O) groups excluding carboxylic acids is 3. The van der Waals surface area contributed by atoms with Crippen molar-refractivity contribution >= 4 is 35.3 Å². The predicted octanol–water partition coefficient (Wildman–Crippen LogP) is 3.05. The highest BCUT2D eigenvalue weighted by Gasteiger charge is 2.38. The number of nitrogens with zero attached hydrogens (tertiary/aromatic N) is 5. The second kappa shape index (κ2) is 9.63. The molecule has 3 heterocycles. The molecule has 0 aliphatic carbocycles. The Morgan fingerprint density at radius 1 is 1.06 bits per heavy atom. The zero-order chi connectivity index (χ0) is 24.5. The minimum absolute atomic E-state index is 0.0282. The fourth-order valence-electron chi connectivity index (χ4n) is 3.86. The molecule has 2 aliphatic heterocycles. The molecule has 0 bridgehead atoms. The molecule has 34 heavy (non-hydrogen) atoms. The van der Waals surface area contributed by atoms with Crippen LogP contribution in [0, 0.1) is 0 Å². The van der Waals surface area contributed by atoms with Gasteiger partial charge in [0.15, 0.2) is 0 Å². The molecule has 4 amide bonds. The molecule has 0 spiro atoms. The number of amides is 4. The van der Waals surface area contributed by atoms with Gasteiger partial charge < -0.3 is 14.7 Å². The zero-order valence-electron chi connectivity index (χ0n) is 18.3. The van der Waals surface area contributed by atoms with Crippen molar-refractivity contribution in [3.63, 3.8) is 0 Å². The summed E-state index contributed by atoms with van der Waals surface area (Å²) < 4.78 is 37.7. The Morgan fingerprint density at radius 2 is 1.74 bits per heavy atom. The van der Waals surface area contributed by atoms with Gasteiger partial charge >= 0.3 is 11.5 Å². The molecule has 2 aromatic rings. The number of imide groups is 1. The number of alkyl halides is 3. The SMILES string of the molecule is CN1CCN(C(=O)c2cnccc2CN2CC(=O)N(c3ccc(SC(F)(F)F)cc3)C2=O)CC1. The summed E-state index contributed by atoms with van der Waals surface area (Å²) in [5.41, 5.74) is -3.30. The van der Waals surface area contributed by atoms with Crippen LogP contribution in [0.5, 0.6) is 0 Å². The van der Waals surface area contributed by atoms with E-state index in [9.17, 15) is 27.6 Å². The molecule has 0 radical (unpaired) electrons. The Kier molecular flexibility index (Phi) is 6.80. The van der Waals surface area contributed by atoms with E-state index in [2.05, 4.69) is 9.88 Å². The Hall–Kier alpha value is -3.12. The Bertz CT molecular complexity index is 1090. The minimum atomic E-state index is -4.43. The van der Waals surface area contributed by atoms with E-state index in [1.807, 2.05) is 7.05 Å². The predicted molar refractivity (Wildman–Crippen MR) is 119 cm³/mol. The van der Waals surface area contributed by atoms with Gasteiger partial charge in [0.25, 0.3) is 11.8 Å². The van der Waals surface area contributed by atoms with Crippen molar-refractivity contribution in [1.82, 2.24) is 19.7 Å². The summed E-state index contributed by atoms with van der Waals surface area (Å²) in [7, 11) is 1.99. The van der Waals surface area contributed by atoms with E-state index in [1.54, 1.807) is 11.0 Å². The summed E-state index contributed by atoms with van der Waals surface area (Å²) in [4.78, 5) is 48.8. The minimum Gasteiger partial charge on any atom is -0.336 e. The van der Waals surface area contributed by atoms with E-state index in [0.717, 1.165) is 18.0 Å². The number of hydrogen-bond acceptors (Lipinski definition) is 6. The summed E-state index contributed by atoms with van der Waals surface area (Å²) in [6.07, 6.45) is 2.99. The number of benzene rings is 1. The molecule has 2 saturated heterocycles. The first-order valence-electron chi connectivity index (χ1n) is 10.5. The maximum atomic E-state index is 13.1. The molecule has 0 unspecified atom stereocenters. The van der Waals surface area contributed by atoms with Crippen LogP contribution < -0.4 is 4.90 Å². The number of urea groups is 1. The quantitative estimate of drug-likeness (QED) is 0.471. The number of thioether (sulfide) groups is 1. The van der Waals surface area contributed by atoms with Gasteiger partial charge in [0.2, 0.25) is 0 Å². The number of aromatic nitrogens is 1. The first-order chi connectivity index (χ1) is 16.1. The Labute approximate surface area is 198 Å². The third-order valence-electron chi connectivity index (χ3n) is 5.66. The fraction of sp³-hybridized carbons (Fsp3) is 0.364. The number of anilines is 1. The lowest BCUT2D eigenvalue weighted by atomic mass is 10.1. The van der Waals surface area contributed by atoms with Gasteiger partial charge in [0.1, 0.15) is 6.54 Å². The fourth-order valence-corrected chi connectivity index (χ4v) is 4.40. The molecular formula is C22H22F3N5O3S. The van der Waals surface area contributed by atoms with E-state index in [0.29, 0.717) is 24.2 Å². The molecular weight excluding hydrogens is 471 g/mol. The third-order valence-corrected chi connectivity index (χ3v) is 6.40. The Morgan fingerprint density at radius 3 is 2.38 bits per heavy atom. The third kappa shape index (κ3) is 5.33. The van der Waals surface area contributed by atoms with Crippen LogP contribution in [-0.2, 0) is 11.3 Å². The van der Waals surface area contributed by atoms with Gasteiger partial charge in [-0.1, -0.05) is 0 Å². The molecule has 0 atom stereocenters. The molecule has 1 aromatic carbocycles. The smallest absolute Gasteiger partial charge is 0.336 e. The van der Waals surface area contributed by atoms with Crippen LogP contribution in [0.4, 0.5) is 23.7 Å². The topological polar surface area (TPSA) is 77.1 Å². The van der Waals surface area contributed by atoms with Crippen LogP contribution in [-0.4, -0.2) is 82.8 Å². The van der Waals surface area contributed by atoms with Gasteiger partial charge in [-0.15, -0.1) is 0 Å². The number of rotatable bonds is 5. The molecule has 0 saturated carbocycles. The summed E-state index contributed by atoms with van der Waals surface area (Å²) in [6, 6.07) is 6.09. The van der Waals surface area contributed by atoms with Crippen LogP contribution in [0.2, 0.25) is 0 Å². The first-order valence-corrected chi connectivity index (χ1v) is 11.3. The van der Waals surface area contributed by atoms with Crippen molar-refractivity contribution in [3.8, 4) is 0 Å². The van der Waals surface area contributed by atoms with Crippen molar-refractivity contribution in [2.24, 2.45) is 0 Å². The van der Waals surface area contributed by atoms with Crippen molar-refractivity contribution in [1.29, 1.82) is 0 Å². The average Bonchev–Trinajstić information content (AvgIpc) is 3.06. The lowest BCUT2D eigenvalue weighted by Gasteiger charge is -2.32. The van der Waals surface area contributed by atoms with Gasteiger partial charge in [-0.3, -0.25) is 14.6 Å². The first kappa shape index (κ1) is 24.0. The maximum absolute atomic E-state index is 13.1. The van der Waals surface area contributed by atoms with Gasteiger partial charge in [0.05, 0.1) is 11.3 Å². The largest absolute Gasteiger partial charge is 0.446 e. The normalized spacial score (nSPS) is 17.6. The summed E-state index contributed by atoms with van der Waals surface area (Å²) in [6.45, 7) is 2.51. The number of pyridine rings is 1. The van der Waals surface area contributed by atoms with Crippen LogP contribution in [0.25, 0.3) is 0 Å². The van der Waals surface area contributed by atoms with Crippen LogP contribution >= 0.6 is 11.8 Å². The molecule has 2 aliphatic rings. The van der Waals surface area contributed by atoms with E-state index in [1.165, 1.54) is 41.6 Å². The van der Waals surface area contributed by atoms with Crippen molar-refractivity contribution < 1.29 is 27.6 Å². The zero-order valence-corrected chi connectivity index (χ0v) is 19.1. The molecule has 1 aromatic heterocycles. The van der Waals surface area contributed by atoms with Gasteiger partial charge in [0, 0.05) is 50.0 Å². The van der Waals surface area contributed by atoms with E-state index in [4.69, 9.17) is 0 Å². The standard InChI is InChI=1S/C22H22F3N5O3S/c1-27-8-10-28(11-9-27)20(32)18-12-26-7-6-15(18)13-29-14-19(31)30(21(29)33)16-2-4-17(5-3-16)34-22(23,24)25/h2-7,12H,8-11,13-14H2,1H3. The summed E-state index contributed by atoms with van der Waals surface area (Å²) >= 11 is -0.271. The van der Waals surface area contributed by atoms with Crippen LogP contribution in [0.1, 0.15) is 15.9 Å². The molecule has 4 rings (SSSR count). The highest BCUT2D eigenvalue weighted by molar-refractivity contribution is 8.00. The number of piperazine rings is 1. The molecule has 180 valence electrons. The lowest BCUT2D eigenvalue weighted by Crippen LogP contribution is -2.47. The van der Waals surface area contributed by atoms with E-state index < -0.39 is 17.4 Å². The molecule has 2 fully saturated rings. The number of likely N-dealkylation sites (N-methyl/N-ethyl adjacent to an activating group) is 1. The number of carbonyl (C=O) groups is 3. The van der Waals surface area contributed by atoms with Gasteiger partial charge in [-0.05, 0) is 54.7 Å². The number of hydrogen-bond donors (Lipinski definition) is 0. The average molecular weight is 494 g/mol. The maximum Gasteiger partial charge on any atom is 0.446 e. The number of halogens is 3. The second-order valence-corrected chi connectivity index (χ2v) is 9.18. The molecule has 0 N–H and O–H groups in total. The van der Waals surface area contributed by atoms with Crippen molar-refractivity contribution in [2.75, 3.05) is 44.7 Å². The summed E-state index contributed by atoms with van der Waals surface area (Å²) in [5.74, 6) is -0.675. The Balaban J connectivity index is 1.48. The van der Waals surface area contributed by atoms with Gasteiger partial charge in [-0.2, -0.15) is 13.2 Å². The van der Waals surface area contributed by atoms with E-state index >= 15 is 0 Å². The summed E-state index contributed by atoms with van der Waals surface area (Å²) in [5, 5.41) is 0. The van der Waals surface area contributed by atoms with E-state index in [-0.39, 0.29) is 41.3 Å². The highest BCUT2D eigenvalue weighted by Crippen LogP contribution is 2.37. The monoisotopic (exact) mass is 493 g/mol.